The second kappa shape index (κ2) is 6.22. The molecule has 0 saturated heterocycles. The quantitative estimate of drug-likeness (QED) is 0.453. The van der Waals surface area contributed by atoms with Gasteiger partial charge in [0.25, 0.3) is 0 Å². The number of benzene rings is 1. The van der Waals surface area contributed by atoms with E-state index in [0.29, 0.717) is 0 Å². The Bertz CT molecular complexity index is 336. The fraction of sp³-hybridized carbons (Fsp3) is 0.0833. The summed E-state index contributed by atoms with van der Waals surface area (Å²) in [4.78, 5) is 10.1. The van der Waals surface area contributed by atoms with Crippen molar-refractivity contribution in [2.24, 2.45) is 0 Å². The number of hydrogen-bond donors (Lipinski definition) is 1. The molecule has 0 spiro atoms. The molecule has 1 nitrogen and oxygen atoms in total. The van der Waals surface area contributed by atoms with E-state index in [4.69, 9.17) is 0 Å². The van der Waals surface area contributed by atoms with Gasteiger partial charge in [-0.05, 0) is 17.2 Å². The average Bonchev–Trinajstić information content (AvgIpc) is 2.25. The molecule has 0 radical (unpaired) electrons. The second-order valence-electron chi connectivity index (χ2n) is 2.75. The van der Waals surface area contributed by atoms with E-state index in [-0.39, 0.29) is 0 Å². The highest BCUT2D eigenvalue weighted by atomic mass is 32.1. The number of hydrogen-bond acceptors (Lipinski definition) is 2. The van der Waals surface area contributed by atoms with E-state index in [0.717, 1.165) is 23.2 Å². The smallest absolute Gasteiger partial charge is 0.142 e. The SMILES string of the molecule is O=C/C=C/c1ccc(C=CCS)cc1. The third-order valence-corrected chi connectivity index (χ3v) is 1.93. The van der Waals surface area contributed by atoms with Gasteiger partial charge >= 0.3 is 0 Å². The summed E-state index contributed by atoms with van der Waals surface area (Å²) in [5.74, 6) is 0.743. The van der Waals surface area contributed by atoms with Crippen molar-refractivity contribution < 1.29 is 4.79 Å². The van der Waals surface area contributed by atoms with Gasteiger partial charge in [0.05, 0.1) is 0 Å². The van der Waals surface area contributed by atoms with Gasteiger partial charge in [0.1, 0.15) is 6.29 Å². The first kappa shape index (κ1) is 10.8. The molecule has 0 saturated carbocycles. The fourth-order valence-corrected chi connectivity index (χ4v) is 1.16. The molecule has 0 fully saturated rings. The maximum Gasteiger partial charge on any atom is 0.142 e. The Balaban J connectivity index is 2.73. The number of rotatable bonds is 4. The first-order valence-electron chi connectivity index (χ1n) is 4.36. The summed E-state index contributed by atoms with van der Waals surface area (Å²) in [5.41, 5.74) is 2.17. The molecule has 2 heteroatoms. The predicted octanol–water partition coefficient (Wildman–Crippen LogP) is 2.84. The fourth-order valence-electron chi connectivity index (χ4n) is 1.06. The van der Waals surface area contributed by atoms with Gasteiger partial charge in [0, 0.05) is 5.75 Å². The summed E-state index contributed by atoms with van der Waals surface area (Å²) < 4.78 is 0. The number of carbonyl (C=O) groups is 1. The summed E-state index contributed by atoms with van der Waals surface area (Å²) in [6, 6.07) is 7.95. The van der Waals surface area contributed by atoms with Gasteiger partial charge in [0.2, 0.25) is 0 Å². The Morgan fingerprint density at radius 3 is 2.14 bits per heavy atom. The molecular weight excluding hydrogens is 192 g/mol. The Labute approximate surface area is 89.6 Å². The van der Waals surface area contributed by atoms with Crippen LogP contribution < -0.4 is 0 Å². The molecule has 1 rings (SSSR count). The molecule has 72 valence electrons. The van der Waals surface area contributed by atoms with Crippen LogP contribution >= 0.6 is 12.6 Å². The van der Waals surface area contributed by atoms with E-state index >= 15 is 0 Å². The van der Waals surface area contributed by atoms with Crippen LogP contribution in [-0.4, -0.2) is 12.0 Å². The van der Waals surface area contributed by atoms with Crippen LogP contribution in [-0.2, 0) is 4.79 Å². The molecule has 0 amide bonds. The molecule has 14 heavy (non-hydrogen) atoms. The molecule has 0 atom stereocenters. The maximum atomic E-state index is 10.1. The molecular formula is C12H12OS. The van der Waals surface area contributed by atoms with Crippen LogP contribution in [0.5, 0.6) is 0 Å². The summed E-state index contributed by atoms with van der Waals surface area (Å²) >= 11 is 4.08. The summed E-state index contributed by atoms with van der Waals surface area (Å²) in [5, 5.41) is 0. The van der Waals surface area contributed by atoms with Crippen LogP contribution in [0.3, 0.4) is 0 Å². The van der Waals surface area contributed by atoms with E-state index in [2.05, 4.69) is 12.6 Å². The van der Waals surface area contributed by atoms with Gasteiger partial charge in [-0.25, -0.2) is 0 Å². The van der Waals surface area contributed by atoms with Crippen LogP contribution in [0.15, 0.2) is 36.4 Å². The van der Waals surface area contributed by atoms with Gasteiger partial charge in [0.15, 0.2) is 0 Å². The van der Waals surface area contributed by atoms with Crippen molar-refractivity contribution in [3.05, 3.63) is 47.5 Å². The molecule has 0 unspecified atom stereocenters. The minimum Gasteiger partial charge on any atom is -0.299 e. The van der Waals surface area contributed by atoms with E-state index < -0.39 is 0 Å². The summed E-state index contributed by atoms with van der Waals surface area (Å²) in [6.45, 7) is 0. The number of carbonyl (C=O) groups excluding carboxylic acids is 1. The normalized spacial score (nSPS) is 11.2. The third-order valence-electron chi connectivity index (χ3n) is 1.72. The number of aldehydes is 1. The molecule has 0 aliphatic carbocycles. The lowest BCUT2D eigenvalue weighted by molar-refractivity contribution is -0.104. The van der Waals surface area contributed by atoms with E-state index in [1.54, 1.807) is 6.08 Å². The van der Waals surface area contributed by atoms with Gasteiger partial charge in [-0.3, -0.25) is 4.79 Å². The van der Waals surface area contributed by atoms with Gasteiger partial charge in [-0.15, -0.1) is 0 Å². The zero-order valence-corrected chi connectivity index (χ0v) is 8.65. The highest BCUT2D eigenvalue weighted by molar-refractivity contribution is 7.80. The lowest BCUT2D eigenvalue weighted by Gasteiger charge is -1.94. The Morgan fingerprint density at radius 2 is 1.64 bits per heavy atom. The maximum absolute atomic E-state index is 10.1. The third kappa shape index (κ3) is 3.62. The van der Waals surface area contributed by atoms with Crippen LogP contribution in [0.25, 0.3) is 12.2 Å². The van der Waals surface area contributed by atoms with Crippen molar-refractivity contribution >= 4 is 31.1 Å². The Hall–Kier alpha value is -1.28. The van der Waals surface area contributed by atoms with Crippen molar-refractivity contribution in [1.82, 2.24) is 0 Å². The van der Waals surface area contributed by atoms with Crippen molar-refractivity contribution in [3.63, 3.8) is 0 Å². The topological polar surface area (TPSA) is 17.1 Å². The molecule has 0 aliphatic heterocycles. The number of thiol groups is 1. The van der Waals surface area contributed by atoms with Gasteiger partial charge in [-0.2, -0.15) is 12.6 Å². The van der Waals surface area contributed by atoms with Crippen molar-refractivity contribution in [2.45, 2.75) is 0 Å². The average molecular weight is 204 g/mol. The van der Waals surface area contributed by atoms with E-state index in [1.807, 2.05) is 36.4 Å². The van der Waals surface area contributed by atoms with Crippen molar-refractivity contribution in [2.75, 3.05) is 5.75 Å². The Kier molecular flexibility index (Phi) is 4.79. The molecule has 0 heterocycles. The molecule has 0 aromatic heterocycles. The molecule has 1 aromatic carbocycles. The van der Waals surface area contributed by atoms with Crippen LogP contribution in [0.1, 0.15) is 11.1 Å². The highest BCUT2D eigenvalue weighted by Crippen LogP contribution is 2.07. The van der Waals surface area contributed by atoms with Crippen LogP contribution in [0, 0.1) is 0 Å². The van der Waals surface area contributed by atoms with Gasteiger partial charge in [-0.1, -0.05) is 42.5 Å². The Morgan fingerprint density at radius 1 is 1.07 bits per heavy atom. The molecule has 0 N–H and O–H groups in total. The van der Waals surface area contributed by atoms with Crippen LogP contribution in [0.2, 0.25) is 0 Å². The zero-order valence-electron chi connectivity index (χ0n) is 7.76. The van der Waals surface area contributed by atoms with Crippen molar-refractivity contribution in [1.29, 1.82) is 0 Å². The molecule has 1 aromatic rings. The molecule has 0 aliphatic rings. The highest BCUT2D eigenvalue weighted by Gasteiger charge is 1.87. The minimum absolute atomic E-state index is 0.743. The van der Waals surface area contributed by atoms with Crippen molar-refractivity contribution in [3.8, 4) is 0 Å². The zero-order chi connectivity index (χ0) is 10.2. The summed E-state index contributed by atoms with van der Waals surface area (Å²) in [7, 11) is 0. The minimum atomic E-state index is 0.743. The lowest BCUT2D eigenvalue weighted by atomic mass is 10.1. The van der Waals surface area contributed by atoms with Crippen LogP contribution in [0.4, 0.5) is 0 Å². The standard InChI is InChI=1S/C12H12OS/c13-9-1-3-11-5-7-12(8-6-11)4-2-10-14/h1-9,14H,10H2/b3-1+,4-2?. The second-order valence-corrected chi connectivity index (χ2v) is 3.11. The lowest BCUT2D eigenvalue weighted by Crippen LogP contribution is -1.75. The van der Waals surface area contributed by atoms with Gasteiger partial charge < -0.3 is 0 Å². The van der Waals surface area contributed by atoms with E-state index in [1.165, 1.54) is 6.08 Å². The molecule has 0 bridgehead atoms. The largest absolute Gasteiger partial charge is 0.299 e. The van der Waals surface area contributed by atoms with E-state index in [9.17, 15) is 4.79 Å². The first-order chi connectivity index (χ1) is 6.86. The predicted molar refractivity (Wildman–Crippen MR) is 64.4 cm³/mol. The summed E-state index contributed by atoms with van der Waals surface area (Å²) in [6.07, 6.45) is 8.03. The monoisotopic (exact) mass is 204 g/mol. The first-order valence-corrected chi connectivity index (χ1v) is 4.99. The number of allylic oxidation sites excluding steroid dienone is 1.